The number of hydrogen-bond acceptors (Lipinski definition) is 5. The lowest BCUT2D eigenvalue weighted by Gasteiger charge is -2.20. The molecule has 0 saturated carbocycles. The van der Waals surface area contributed by atoms with Crippen LogP contribution in [-0.4, -0.2) is 39.5 Å². The molecule has 7 heteroatoms. The summed E-state index contributed by atoms with van der Waals surface area (Å²) in [6, 6.07) is 6.30. The second-order valence-corrected chi connectivity index (χ2v) is 10.9. The standard InChI is InChI=1S/C32H45F2NO4/c1-5-7-21-17-23(33)19-27(31(21)36-3)29-11-9-25(38-29)13-15-35-16-14-26-10-12-30(39-26)28-20-24(34)18-22(8-6-2)32(28)37-4/h17-20,25-26,29-30,35H,5-16H2,1-4H3/t25-,26-,29-,30-/m0/s1. The van der Waals surface area contributed by atoms with Crippen molar-refractivity contribution in [2.75, 3.05) is 27.3 Å². The van der Waals surface area contributed by atoms with Gasteiger partial charge in [-0.3, -0.25) is 0 Å². The van der Waals surface area contributed by atoms with Crippen LogP contribution in [0.2, 0.25) is 0 Å². The summed E-state index contributed by atoms with van der Waals surface area (Å²) in [4.78, 5) is 0. The molecule has 0 spiro atoms. The van der Waals surface area contributed by atoms with Crippen molar-refractivity contribution >= 4 is 0 Å². The van der Waals surface area contributed by atoms with Crippen LogP contribution in [0.1, 0.15) is 99.7 Å². The van der Waals surface area contributed by atoms with Gasteiger partial charge in [-0.1, -0.05) is 26.7 Å². The summed E-state index contributed by atoms with van der Waals surface area (Å²) in [6.45, 7) is 5.88. The second kappa shape index (κ2) is 14.4. The summed E-state index contributed by atoms with van der Waals surface area (Å²) in [7, 11) is 3.31. The molecule has 2 fully saturated rings. The van der Waals surface area contributed by atoms with Gasteiger partial charge in [0.05, 0.1) is 38.6 Å². The summed E-state index contributed by atoms with van der Waals surface area (Å²) in [5.74, 6) is 1.09. The molecule has 5 nitrogen and oxygen atoms in total. The van der Waals surface area contributed by atoms with Crippen LogP contribution >= 0.6 is 0 Å². The van der Waals surface area contributed by atoms with Crippen molar-refractivity contribution in [3.63, 3.8) is 0 Å². The Balaban J connectivity index is 1.21. The fourth-order valence-electron chi connectivity index (χ4n) is 6.18. The van der Waals surface area contributed by atoms with E-state index in [0.29, 0.717) is 0 Å². The van der Waals surface area contributed by atoms with E-state index in [-0.39, 0.29) is 36.1 Å². The van der Waals surface area contributed by atoms with Gasteiger partial charge in [-0.05, 0) is 99.8 Å². The van der Waals surface area contributed by atoms with Gasteiger partial charge in [-0.2, -0.15) is 0 Å². The van der Waals surface area contributed by atoms with Gasteiger partial charge in [0, 0.05) is 11.1 Å². The average molecular weight is 546 g/mol. The van der Waals surface area contributed by atoms with Gasteiger partial charge in [-0.25, -0.2) is 8.78 Å². The van der Waals surface area contributed by atoms with Crippen molar-refractivity contribution in [3.05, 3.63) is 58.2 Å². The molecule has 2 aliphatic rings. The molecule has 2 aromatic carbocycles. The number of hydrogen-bond donors (Lipinski definition) is 1. The van der Waals surface area contributed by atoms with Crippen molar-refractivity contribution in [3.8, 4) is 11.5 Å². The summed E-state index contributed by atoms with van der Waals surface area (Å²) in [6.07, 6.45) is 8.96. The van der Waals surface area contributed by atoms with Crippen LogP contribution in [0.3, 0.4) is 0 Å². The first-order chi connectivity index (χ1) is 19.0. The highest BCUT2D eigenvalue weighted by Crippen LogP contribution is 2.42. The Bertz CT molecular complexity index is 995. The fraction of sp³-hybridized carbons (Fsp3) is 0.625. The predicted octanol–water partition coefficient (Wildman–Crippen LogP) is 7.40. The first-order valence-corrected chi connectivity index (χ1v) is 14.7. The third-order valence-electron chi connectivity index (χ3n) is 7.96. The van der Waals surface area contributed by atoms with E-state index < -0.39 is 0 Å². The molecule has 4 atom stereocenters. The molecule has 0 amide bonds. The number of rotatable bonds is 14. The maximum atomic E-state index is 14.3. The topological polar surface area (TPSA) is 49.0 Å². The number of nitrogens with one attached hydrogen (secondary N) is 1. The summed E-state index contributed by atoms with van der Waals surface area (Å²) < 4.78 is 52.6. The van der Waals surface area contributed by atoms with E-state index in [1.165, 1.54) is 0 Å². The average Bonchev–Trinajstić information content (AvgIpc) is 3.58. The largest absolute Gasteiger partial charge is 0.496 e. The highest BCUT2D eigenvalue weighted by Gasteiger charge is 2.31. The number of aryl methyl sites for hydroxylation is 2. The molecular weight excluding hydrogens is 500 g/mol. The van der Waals surface area contributed by atoms with Crippen LogP contribution in [0.5, 0.6) is 11.5 Å². The van der Waals surface area contributed by atoms with Crippen molar-refractivity contribution in [2.45, 2.75) is 102 Å². The normalized spacial score (nSPS) is 22.9. The molecule has 0 aliphatic carbocycles. The SMILES string of the molecule is CCCc1cc(F)cc([C@@H]2CC[C@@H](CCNCC[C@@H]3CC[C@@H](c4cc(F)cc(CCC)c4OC)O3)O2)c1OC. The summed E-state index contributed by atoms with van der Waals surface area (Å²) in [5.41, 5.74) is 3.50. The lowest BCUT2D eigenvalue weighted by atomic mass is 9.99. The number of ether oxygens (including phenoxy) is 4. The van der Waals surface area contributed by atoms with Gasteiger partial charge < -0.3 is 24.3 Å². The van der Waals surface area contributed by atoms with Crippen LogP contribution < -0.4 is 14.8 Å². The molecule has 2 aliphatic heterocycles. The minimum absolute atomic E-state index is 0.127. The van der Waals surface area contributed by atoms with E-state index in [1.54, 1.807) is 38.5 Å². The highest BCUT2D eigenvalue weighted by atomic mass is 19.1. The number of methoxy groups -OCH3 is 2. The maximum absolute atomic E-state index is 14.3. The quantitative estimate of drug-likeness (QED) is 0.251. The van der Waals surface area contributed by atoms with E-state index in [1.807, 2.05) is 0 Å². The first-order valence-electron chi connectivity index (χ1n) is 14.7. The van der Waals surface area contributed by atoms with Crippen LogP contribution in [0.15, 0.2) is 24.3 Å². The lowest BCUT2D eigenvalue weighted by molar-refractivity contribution is 0.0351. The van der Waals surface area contributed by atoms with Gasteiger partial charge >= 0.3 is 0 Å². The van der Waals surface area contributed by atoms with Crippen molar-refractivity contribution in [1.29, 1.82) is 0 Å². The first kappa shape index (κ1) is 29.8. The van der Waals surface area contributed by atoms with E-state index in [2.05, 4.69) is 19.2 Å². The summed E-state index contributed by atoms with van der Waals surface area (Å²) in [5, 5.41) is 3.53. The Labute approximate surface area is 232 Å². The Morgan fingerprint density at radius 1 is 0.718 bits per heavy atom. The third kappa shape index (κ3) is 7.50. The number of benzene rings is 2. The van der Waals surface area contributed by atoms with Crippen molar-refractivity contribution < 1.29 is 27.7 Å². The predicted molar refractivity (Wildman–Crippen MR) is 150 cm³/mol. The minimum Gasteiger partial charge on any atom is -0.496 e. The zero-order chi connectivity index (χ0) is 27.8. The molecule has 4 rings (SSSR count). The molecule has 0 bridgehead atoms. The smallest absolute Gasteiger partial charge is 0.128 e. The van der Waals surface area contributed by atoms with E-state index in [0.717, 1.165) is 111 Å². The van der Waals surface area contributed by atoms with E-state index in [9.17, 15) is 8.78 Å². The Morgan fingerprint density at radius 2 is 1.15 bits per heavy atom. The molecule has 2 aromatic rings. The Morgan fingerprint density at radius 3 is 1.54 bits per heavy atom. The Hall–Kier alpha value is -2.22. The van der Waals surface area contributed by atoms with Gasteiger partial charge in [0.2, 0.25) is 0 Å². The van der Waals surface area contributed by atoms with Crippen LogP contribution in [0.25, 0.3) is 0 Å². The molecule has 1 N–H and O–H groups in total. The monoisotopic (exact) mass is 545 g/mol. The van der Waals surface area contributed by atoms with Gasteiger partial charge in [0.15, 0.2) is 0 Å². The van der Waals surface area contributed by atoms with Gasteiger partial charge in [-0.15, -0.1) is 0 Å². The molecule has 216 valence electrons. The molecular formula is C32H45F2NO4. The Kier molecular flexibility index (Phi) is 11.0. The van der Waals surface area contributed by atoms with Crippen molar-refractivity contribution in [1.82, 2.24) is 5.32 Å². The molecule has 0 radical (unpaired) electrons. The summed E-state index contributed by atoms with van der Waals surface area (Å²) >= 11 is 0. The van der Waals surface area contributed by atoms with E-state index in [4.69, 9.17) is 18.9 Å². The van der Waals surface area contributed by atoms with Crippen LogP contribution in [-0.2, 0) is 22.3 Å². The lowest BCUT2D eigenvalue weighted by Crippen LogP contribution is -2.24. The van der Waals surface area contributed by atoms with E-state index >= 15 is 0 Å². The zero-order valence-electron chi connectivity index (χ0n) is 24.0. The molecule has 2 heterocycles. The van der Waals surface area contributed by atoms with Crippen molar-refractivity contribution in [2.24, 2.45) is 0 Å². The molecule has 0 unspecified atom stereocenters. The maximum Gasteiger partial charge on any atom is 0.128 e. The van der Waals surface area contributed by atoms with Gasteiger partial charge in [0.25, 0.3) is 0 Å². The molecule has 0 aromatic heterocycles. The number of halogens is 2. The second-order valence-electron chi connectivity index (χ2n) is 10.9. The minimum atomic E-state index is -0.225. The van der Waals surface area contributed by atoms with Crippen LogP contribution in [0, 0.1) is 11.6 Å². The molecule has 39 heavy (non-hydrogen) atoms. The third-order valence-corrected chi connectivity index (χ3v) is 7.96. The van der Waals surface area contributed by atoms with Crippen LogP contribution in [0.4, 0.5) is 8.78 Å². The highest BCUT2D eigenvalue weighted by molar-refractivity contribution is 5.45. The van der Waals surface area contributed by atoms with Gasteiger partial charge in [0.1, 0.15) is 23.1 Å². The molecule has 2 saturated heterocycles. The zero-order valence-corrected chi connectivity index (χ0v) is 24.0. The fourth-order valence-corrected chi connectivity index (χ4v) is 6.18.